The van der Waals surface area contributed by atoms with Crippen molar-refractivity contribution < 1.29 is 22.7 Å². The van der Waals surface area contributed by atoms with E-state index in [0.717, 1.165) is 32.4 Å². The number of anilines is 1. The van der Waals surface area contributed by atoms with Gasteiger partial charge >= 0.3 is 6.36 Å². The first kappa shape index (κ1) is 24.7. The third-order valence-electron chi connectivity index (χ3n) is 4.91. The van der Waals surface area contributed by atoms with Gasteiger partial charge in [-0.15, -0.1) is 38.0 Å². The molecule has 0 saturated carbocycles. The topological polar surface area (TPSA) is 53.6 Å². The maximum Gasteiger partial charge on any atom is 0.573 e. The number of hydrogen-bond donors (Lipinski definition) is 2. The van der Waals surface area contributed by atoms with E-state index in [1.165, 1.54) is 18.2 Å². The lowest BCUT2D eigenvalue weighted by atomic mass is 10.0. The number of rotatable bonds is 6. The van der Waals surface area contributed by atoms with Gasteiger partial charge in [0.15, 0.2) is 0 Å². The Morgan fingerprint density at radius 3 is 2.75 bits per heavy atom. The molecule has 2 N–H and O–H groups in total. The van der Waals surface area contributed by atoms with Crippen LogP contribution in [0.15, 0.2) is 24.3 Å². The van der Waals surface area contributed by atoms with Crippen LogP contribution in [0.4, 0.5) is 18.9 Å². The molecule has 0 aliphatic carbocycles. The summed E-state index contributed by atoms with van der Waals surface area (Å²) in [5.41, 5.74) is 0.667. The molecule has 0 bridgehead atoms. The first-order chi connectivity index (χ1) is 12.4. The smallest absolute Gasteiger partial charge is 0.406 e. The molecular weight excluding hydrogens is 418 g/mol. The zero-order valence-corrected chi connectivity index (χ0v) is 17.0. The molecule has 1 amide bonds. The normalized spacial score (nSPS) is 21.6. The van der Waals surface area contributed by atoms with Gasteiger partial charge in [0.2, 0.25) is 5.91 Å². The highest BCUT2D eigenvalue weighted by Gasteiger charge is 2.31. The van der Waals surface area contributed by atoms with E-state index in [-0.39, 0.29) is 42.5 Å². The lowest BCUT2D eigenvalue weighted by molar-refractivity contribution is -0.274. The largest absolute Gasteiger partial charge is 0.573 e. The van der Waals surface area contributed by atoms with Gasteiger partial charge in [-0.25, -0.2) is 0 Å². The standard InChI is InChI=1S/C18H24F3N3O2.2ClH/c19-18(20,21)26-16-3-1-2-15(10-16)24-9-7-14(12-24)23-17(25)5-4-13-6-8-22-11-13;;/h1-3,10,13-14,22H,4-9,11-12H2,(H,23,25);2*1H. The van der Waals surface area contributed by atoms with Crippen LogP contribution >= 0.6 is 24.8 Å². The molecule has 1 aromatic rings. The number of ether oxygens (including phenoxy) is 1. The highest BCUT2D eigenvalue weighted by Crippen LogP contribution is 2.28. The monoisotopic (exact) mass is 443 g/mol. The van der Waals surface area contributed by atoms with Crippen LogP contribution < -0.4 is 20.3 Å². The molecule has 0 aromatic heterocycles. The van der Waals surface area contributed by atoms with Crippen molar-refractivity contribution in [3.63, 3.8) is 0 Å². The van der Waals surface area contributed by atoms with Gasteiger partial charge in [0, 0.05) is 37.3 Å². The lowest BCUT2D eigenvalue weighted by Crippen LogP contribution is -2.37. The second-order valence-electron chi connectivity index (χ2n) is 6.94. The maximum absolute atomic E-state index is 12.4. The fraction of sp³-hybridized carbons (Fsp3) is 0.611. The van der Waals surface area contributed by atoms with Crippen molar-refractivity contribution in [2.24, 2.45) is 5.92 Å². The first-order valence-corrected chi connectivity index (χ1v) is 9.00. The number of amides is 1. The first-order valence-electron chi connectivity index (χ1n) is 9.00. The molecule has 2 fully saturated rings. The Kier molecular flexibility index (Phi) is 9.66. The molecule has 160 valence electrons. The van der Waals surface area contributed by atoms with Crippen LogP contribution in [-0.2, 0) is 4.79 Å². The summed E-state index contributed by atoms with van der Waals surface area (Å²) in [5.74, 6) is 0.405. The molecule has 1 aromatic carbocycles. The Hall–Kier alpha value is -1.38. The number of hydrogen-bond acceptors (Lipinski definition) is 4. The number of benzene rings is 1. The van der Waals surface area contributed by atoms with Gasteiger partial charge in [-0.05, 0) is 50.4 Å². The van der Waals surface area contributed by atoms with E-state index in [4.69, 9.17) is 0 Å². The van der Waals surface area contributed by atoms with E-state index in [9.17, 15) is 18.0 Å². The van der Waals surface area contributed by atoms with E-state index in [1.54, 1.807) is 6.07 Å². The molecule has 2 saturated heterocycles. The number of halogens is 5. The predicted molar refractivity (Wildman–Crippen MR) is 107 cm³/mol. The molecular formula is C18H26Cl2F3N3O2. The minimum atomic E-state index is -4.70. The van der Waals surface area contributed by atoms with Gasteiger partial charge < -0.3 is 20.3 Å². The Morgan fingerprint density at radius 1 is 1.29 bits per heavy atom. The summed E-state index contributed by atoms with van der Waals surface area (Å²) in [6, 6.07) is 5.98. The molecule has 2 unspecified atom stereocenters. The summed E-state index contributed by atoms with van der Waals surface area (Å²) in [5, 5.41) is 6.34. The molecule has 3 rings (SSSR count). The highest BCUT2D eigenvalue weighted by atomic mass is 35.5. The fourth-order valence-corrected chi connectivity index (χ4v) is 3.59. The number of alkyl halides is 3. The van der Waals surface area contributed by atoms with Gasteiger partial charge in [0.25, 0.3) is 0 Å². The third-order valence-corrected chi connectivity index (χ3v) is 4.91. The van der Waals surface area contributed by atoms with Crippen LogP contribution in [0.3, 0.4) is 0 Å². The molecule has 2 heterocycles. The van der Waals surface area contributed by atoms with Crippen molar-refractivity contribution in [2.45, 2.75) is 38.1 Å². The van der Waals surface area contributed by atoms with Gasteiger partial charge in [0.05, 0.1) is 0 Å². The Morgan fingerprint density at radius 2 is 2.07 bits per heavy atom. The Bertz CT molecular complexity index is 628. The summed E-state index contributed by atoms with van der Waals surface area (Å²) in [4.78, 5) is 14.1. The van der Waals surface area contributed by atoms with Crippen molar-refractivity contribution >= 4 is 36.4 Å². The van der Waals surface area contributed by atoms with Gasteiger partial charge in [0.1, 0.15) is 5.75 Å². The summed E-state index contributed by atoms with van der Waals surface area (Å²) < 4.78 is 41.0. The number of nitrogens with one attached hydrogen (secondary N) is 2. The second-order valence-corrected chi connectivity index (χ2v) is 6.94. The zero-order valence-electron chi connectivity index (χ0n) is 15.3. The van der Waals surface area contributed by atoms with Crippen LogP contribution in [0, 0.1) is 5.92 Å². The SMILES string of the molecule is Cl.Cl.O=C(CCC1CCNC1)NC1CCN(c2cccc(OC(F)(F)F)c2)C1. The van der Waals surface area contributed by atoms with Gasteiger partial charge in [-0.2, -0.15) is 0 Å². The Labute approximate surface area is 175 Å². The molecule has 5 nitrogen and oxygen atoms in total. The van der Waals surface area contributed by atoms with Crippen LogP contribution in [0.5, 0.6) is 5.75 Å². The van der Waals surface area contributed by atoms with E-state index < -0.39 is 6.36 Å². The molecule has 0 spiro atoms. The number of carbonyl (C=O) groups is 1. The zero-order chi connectivity index (χ0) is 18.6. The van der Waals surface area contributed by atoms with Crippen molar-refractivity contribution in [1.82, 2.24) is 10.6 Å². The number of carbonyl (C=O) groups excluding carboxylic acids is 1. The van der Waals surface area contributed by atoms with Crippen molar-refractivity contribution in [3.8, 4) is 5.75 Å². The van der Waals surface area contributed by atoms with Crippen LogP contribution in [0.2, 0.25) is 0 Å². The lowest BCUT2D eigenvalue weighted by Gasteiger charge is -2.20. The summed E-state index contributed by atoms with van der Waals surface area (Å²) >= 11 is 0. The van der Waals surface area contributed by atoms with E-state index in [0.29, 0.717) is 31.1 Å². The number of nitrogens with zero attached hydrogens (tertiary/aromatic N) is 1. The molecule has 0 radical (unpaired) electrons. The molecule has 28 heavy (non-hydrogen) atoms. The highest BCUT2D eigenvalue weighted by molar-refractivity contribution is 5.85. The quantitative estimate of drug-likeness (QED) is 0.706. The maximum atomic E-state index is 12.4. The summed E-state index contributed by atoms with van der Waals surface area (Å²) in [6.45, 7) is 3.29. The van der Waals surface area contributed by atoms with Crippen LogP contribution in [0.25, 0.3) is 0 Å². The van der Waals surface area contributed by atoms with E-state index in [2.05, 4.69) is 15.4 Å². The second kappa shape index (κ2) is 11.0. The molecule has 2 aliphatic rings. The van der Waals surface area contributed by atoms with E-state index in [1.807, 2.05) is 4.90 Å². The predicted octanol–water partition coefficient (Wildman–Crippen LogP) is 3.51. The van der Waals surface area contributed by atoms with Crippen molar-refractivity contribution in [3.05, 3.63) is 24.3 Å². The van der Waals surface area contributed by atoms with Crippen LogP contribution in [0.1, 0.15) is 25.7 Å². The van der Waals surface area contributed by atoms with Crippen molar-refractivity contribution in [2.75, 3.05) is 31.1 Å². The molecule has 10 heteroatoms. The summed E-state index contributed by atoms with van der Waals surface area (Å²) in [7, 11) is 0. The van der Waals surface area contributed by atoms with Gasteiger partial charge in [-0.1, -0.05) is 6.07 Å². The minimum Gasteiger partial charge on any atom is -0.406 e. The molecule has 2 atom stereocenters. The van der Waals surface area contributed by atoms with Crippen molar-refractivity contribution in [1.29, 1.82) is 0 Å². The van der Waals surface area contributed by atoms with E-state index >= 15 is 0 Å². The van der Waals surface area contributed by atoms with Crippen LogP contribution in [-0.4, -0.2) is 44.5 Å². The average molecular weight is 444 g/mol. The minimum absolute atomic E-state index is 0. The van der Waals surface area contributed by atoms with Gasteiger partial charge in [-0.3, -0.25) is 4.79 Å². The molecule has 2 aliphatic heterocycles. The third kappa shape index (κ3) is 7.56. The average Bonchev–Trinajstić information content (AvgIpc) is 3.23. The summed E-state index contributed by atoms with van der Waals surface area (Å²) in [6.07, 6.45) is -1.37. The Balaban J connectivity index is 0.00000196. The fourth-order valence-electron chi connectivity index (χ4n) is 3.59.